The third-order valence-electron chi connectivity index (χ3n) is 5.56. The highest BCUT2D eigenvalue weighted by Crippen LogP contribution is 2.44. The van der Waals surface area contributed by atoms with Gasteiger partial charge in [0.1, 0.15) is 0 Å². The quantitative estimate of drug-likeness (QED) is 0.708. The summed E-state index contributed by atoms with van der Waals surface area (Å²) in [6.45, 7) is 10.5. The first-order valence-electron chi connectivity index (χ1n) is 9.36. The van der Waals surface area contributed by atoms with Crippen LogP contribution in [0, 0.1) is 5.41 Å². The molecule has 1 spiro atoms. The summed E-state index contributed by atoms with van der Waals surface area (Å²) in [5.74, 6) is 0. The van der Waals surface area contributed by atoms with E-state index in [1.165, 1.54) is 64.2 Å². The molecule has 1 saturated heterocycles. The molecule has 2 unspecified atom stereocenters. The van der Waals surface area contributed by atoms with Crippen LogP contribution in [0.25, 0.3) is 0 Å². The molecule has 0 aromatic carbocycles. The van der Waals surface area contributed by atoms with Crippen molar-refractivity contribution in [2.75, 3.05) is 6.54 Å². The van der Waals surface area contributed by atoms with Gasteiger partial charge in [-0.05, 0) is 63.3 Å². The maximum absolute atomic E-state index is 6.44. The van der Waals surface area contributed by atoms with Gasteiger partial charge in [-0.1, -0.05) is 40.5 Å². The van der Waals surface area contributed by atoms with Gasteiger partial charge in [-0.15, -0.1) is 0 Å². The summed E-state index contributed by atoms with van der Waals surface area (Å²) in [7, 11) is 0. The van der Waals surface area contributed by atoms with Gasteiger partial charge >= 0.3 is 0 Å². The van der Waals surface area contributed by atoms with Crippen molar-refractivity contribution in [1.29, 1.82) is 0 Å². The van der Waals surface area contributed by atoms with Crippen LogP contribution in [0.1, 0.15) is 91.9 Å². The van der Waals surface area contributed by atoms with E-state index in [1.54, 1.807) is 0 Å². The SMILES string of the molecule is CCCNC(CCCC1CCC2(CCCC2)O1)C(C)(C)C. The molecule has 1 saturated carbocycles. The third-order valence-corrected chi connectivity index (χ3v) is 5.56. The topological polar surface area (TPSA) is 21.3 Å². The lowest BCUT2D eigenvalue weighted by Crippen LogP contribution is -2.40. The Bertz CT molecular complexity index is 301. The normalized spacial score (nSPS) is 26.6. The highest BCUT2D eigenvalue weighted by atomic mass is 16.5. The second-order valence-electron chi connectivity index (χ2n) is 8.47. The molecular formula is C19H37NO. The van der Waals surface area contributed by atoms with Gasteiger partial charge in [0.05, 0.1) is 11.7 Å². The van der Waals surface area contributed by atoms with Gasteiger partial charge in [-0.25, -0.2) is 0 Å². The molecule has 1 aliphatic carbocycles. The predicted molar refractivity (Wildman–Crippen MR) is 90.7 cm³/mol. The molecule has 124 valence electrons. The summed E-state index contributed by atoms with van der Waals surface area (Å²) in [4.78, 5) is 0. The molecule has 2 nitrogen and oxygen atoms in total. The Morgan fingerprint density at radius 2 is 1.90 bits per heavy atom. The number of nitrogens with one attached hydrogen (secondary N) is 1. The molecule has 0 bridgehead atoms. The van der Waals surface area contributed by atoms with Crippen LogP contribution in [0.4, 0.5) is 0 Å². The Morgan fingerprint density at radius 1 is 1.19 bits per heavy atom. The van der Waals surface area contributed by atoms with Gasteiger partial charge in [-0.3, -0.25) is 0 Å². The lowest BCUT2D eigenvalue weighted by atomic mass is 9.83. The molecule has 2 atom stereocenters. The molecule has 0 amide bonds. The van der Waals surface area contributed by atoms with Gasteiger partial charge in [0.15, 0.2) is 0 Å². The molecule has 0 aromatic rings. The van der Waals surface area contributed by atoms with E-state index in [4.69, 9.17) is 4.74 Å². The monoisotopic (exact) mass is 295 g/mol. The second-order valence-corrected chi connectivity index (χ2v) is 8.47. The van der Waals surface area contributed by atoms with E-state index >= 15 is 0 Å². The van der Waals surface area contributed by atoms with E-state index in [0.717, 1.165) is 6.54 Å². The minimum atomic E-state index is 0.314. The fourth-order valence-electron chi connectivity index (χ4n) is 4.20. The van der Waals surface area contributed by atoms with Crippen molar-refractivity contribution >= 4 is 0 Å². The minimum Gasteiger partial charge on any atom is -0.372 e. The fourth-order valence-corrected chi connectivity index (χ4v) is 4.20. The van der Waals surface area contributed by atoms with E-state index < -0.39 is 0 Å². The summed E-state index contributed by atoms with van der Waals surface area (Å²) in [6, 6.07) is 0.638. The summed E-state index contributed by atoms with van der Waals surface area (Å²) in [6.07, 6.45) is 13.7. The molecule has 21 heavy (non-hydrogen) atoms. The van der Waals surface area contributed by atoms with Crippen LogP contribution in [-0.2, 0) is 4.74 Å². The van der Waals surface area contributed by atoms with E-state index in [2.05, 4.69) is 33.0 Å². The lowest BCUT2D eigenvalue weighted by Gasteiger charge is -2.32. The van der Waals surface area contributed by atoms with Crippen LogP contribution in [0.2, 0.25) is 0 Å². The molecule has 2 aliphatic rings. The van der Waals surface area contributed by atoms with Crippen molar-refractivity contribution in [3.05, 3.63) is 0 Å². The average Bonchev–Trinajstić information content (AvgIpc) is 3.03. The van der Waals surface area contributed by atoms with Crippen molar-refractivity contribution < 1.29 is 4.74 Å². The lowest BCUT2D eigenvalue weighted by molar-refractivity contribution is -0.0399. The maximum atomic E-state index is 6.44. The molecule has 1 heterocycles. The Hall–Kier alpha value is -0.0800. The first kappa shape index (κ1) is 17.3. The van der Waals surface area contributed by atoms with Crippen molar-refractivity contribution in [3.63, 3.8) is 0 Å². The van der Waals surface area contributed by atoms with Crippen molar-refractivity contribution in [2.45, 2.75) is 110 Å². The van der Waals surface area contributed by atoms with E-state index in [0.29, 0.717) is 23.2 Å². The van der Waals surface area contributed by atoms with E-state index in [-0.39, 0.29) is 0 Å². The van der Waals surface area contributed by atoms with Crippen LogP contribution in [-0.4, -0.2) is 24.3 Å². The third kappa shape index (κ3) is 4.96. The molecule has 0 aromatic heterocycles. The van der Waals surface area contributed by atoms with E-state index in [1.807, 2.05) is 0 Å². The van der Waals surface area contributed by atoms with Crippen LogP contribution < -0.4 is 5.32 Å². The molecule has 0 radical (unpaired) electrons. The zero-order chi connectivity index (χ0) is 15.3. The van der Waals surface area contributed by atoms with Crippen molar-refractivity contribution in [1.82, 2.24) is 5.32 Å². The molecule has 1 aliphatic heterocycles. The van der Waals surface area contributed by atoms with Crippen LogP contribution in [0.5, 0.6) is 0 Å². The van der Waals surface area contributed by atoms with Crippen LogP contribution in [0.3, 0.4) is 0 Å². The predicted octanol–water partition coefficient (Wildman–Crippen LogP) is 5.06. The summed E-state index contributed by atoms with van der Waals surface area (Å²) in [5, 5.41) is 3.74. The molecule has 1 N–H and O–H groups in total. The zero-order valence-corrected chi connectivity index (χ0v) is 14.8. The van der Waals surface area contributed by atoms with Crippen LogP contribution in [0.15, 0.2) is 0 Å². The van der Waals surface area contributed by atoms with Gasteiger partial charge in [-0.2, -0.15) is 0 Å². The largest absolute Gasteiger partial charge is 0.372 e. The highest BCUT2D eigenvalue weighted by Gasteiger charge is 2.41. The molecular weight excluding hydrogens is 258 g/mol. The zero-order valence-electron chi connectivity index (χ0n) is 14.8. The Labute approximate surface area is 132 Å². The Kier molecular flexibility index (Phi) is 6.14. The van der Waals surface area contributed by atoms with Crippen LogP contribution >= 0.6 is 0 Å². The van der Waals surface area contributed by atoms with Crippen molar-refractivity contribution in [3.8, 4) is 0 Å². The number of ether oxygens (including phenoxy) is 1. The standard InChI is InChI=1S/C19H37NO/c1-5-15-20-17(18(2,3)4)10-8-9-16-11-14-19(21-16)12-6-7-13-19/h16-17,20H,5-15H2,1-4H3. The maximum Gasteiger partial charge on any atom is 0.0687 e. The van der Waals surface area contributed by atoms with E-state index in [9.17, 15) is 0 Å². The van der Waals surface area contributed by atoms with Gasteiger partial charge in [0, 0.05) is 6.04 Å². The number of hydrogen-bond acceptors (Lipinski definition) is 2. The second kappa shape index (κ2) is 7.46. The highest BCUT2D eigenvalue weighted by molar-refractivity contribution is 4.93. The first-order chi connectivity index (χ1) is 9.95. The number of rotatable bonds is 7. The summed E-state index contributed by atoms with van der Waals surface area (Å²) < 4.78 is 6.44. The van der Waals surface area contributed by atoms with Gasteiger partial charge < -0.3 is 10.1 Å². The average molecular weight is 296 g/mol. The molecule has 2 fully saturated rings. The Balaban J connectivity index is 1.70. The summed E-state index contributed by atoms with van der Waals surface area (Å²) >= 11 is 0. The number of hydrogen-bond donors (Lipinski definition) is 1. The summed E-state index contributed by atoms with van der Waals surface area (Å²) in [5.41, 5.74) is 0.674. The minimum absolute atomic E-state index is 0.314. The molecule has 2 rings (SSSR count). The molecule has 2 heteroatoms. The van der Waals surface area contributed by atoms with Gasteiger partial charge in [0.25, 0.3) is 0 Å². The fraction of sp³-hybridized carbons (Fsp3) is 1.00. The van der Waals surface area contributed by atoms with Gasteiger partial charge in [0.2, 0.25) is 0 Å². The van der Waals surface area contributed by atoms with Crippen molar-refractivity contribution in [2.24, 2.45) is 5.41 Å². The first-order valence-corrected chi connectivity index (χ1v) is 9.36. The Morgan fingerprint density at radius 3 is 2.52 bits per heavy atom. The smallest absolute Gasteiger partial charge is 0.0687 e.